The van der Waals surface area contributed by atoms with Crippen molar-refractivity contribution in [1.82, 2.24) is 14.5 Å². The Kier molecular flexibility index (Phi) is 3.27. The summed E-state index contributed by atoms with van der Waals surface area (Å²) in [6.07, 6.45) is 5.00. The van der Waals surface area contributed by atoms with E-state index in [4.69, 9.17) is 9.72 Å². The Bertz CT molecular complexity index is 789. The molecule has 0 bridgehead atoms. The first kappa shape index (κ1) is 13.3. The lowest BCUT2D eigenvalue weighted by Crippen LogP contribution is -2.16. The normalized spacial score (nSPS) is 18.6. The summed E-state index contributed by atoms with van der Waals surface area (Å²) in [5.74, 6) is 1.13. The number of imidazole rings is 1. The first-order valence-corrected chi connectivity index (χ1v) is 7.57. The van der Waals surface area contributed by atoms with Crippen LogP contribution in [0, 0.1) is 0 Å². The van der Waals surface area contributed by atoms with E-state index in [0.29, 0.717) is 0 Å². The molecule has 3 heterocycles. The first-order valence-electron chi connectivity index (χ1n) is 7.57. The van der Waals surface area contributed by atoms with Crippen molar-refractivity contribution in [3.05, 3.63) is 48.4 Å². The number of fused-ring (bicyclic) bond motifs is 1. The summed E-state index contributed by atoms with van der Waals surface area (Å²) >= 11 is 0. The molecular formula is C17H17N3O2. The number of nitrogens with zero attached hydrogens (tertiary/aromatic N) is 3. The van der Waals surface area contributed by atoms with Crippen LogP contribution >= 0.6 is 0 Å². The number of benzene rings is 1. The number of hydrogen-bond acceptors (Lipinski definition) is 4. The number of aromatic nitrogens is 3. The van der Waals surface area contributed by atoms with Crippen LogP contribution in [-0.4, -0.2) is 26.2 Å². The van der Waals surface area contributed by atoms with Gasteiger partial charge in [0.1, 0.15) is 23.2 Å². The Balaban J connectivity index is 1.91. The van der Waals surface area contributed by atoms with Crippen molar-refractivity contribution >= 4 is 11.2 Å². The van der Waals surface area contributed by atoms with Gasteiger partial charge in [0, 0.05) is 18.5 Å². The summed E-state index contributed by atoms with van der Waals surface area (Å²) < 4.78 is 7.95. The van der Waals surface area contributed by atoms with Gasteiger partial charge in [-0.2, -0.15) is 0 Å². The largest absolute Gasteiger partial charge is 0.508 e. The maximum Gasteiger partial charge on any atom is 0.164 e. The van der Waals surface area contributed by atoms with E-state index in [-0.39, 0.29) is 11.9 Å². The number of ether oxygens (including phenoxy) is 1. The topological polar surface area (TPSA) is 60.2 Å². The minimum Gasteiger partial charge on any atom is -0.508 e. The fraction of sp³-hybridized carbons (Fsp3) is 0.294. The smallest absolute Gasteiger partial charge is 0.164 e. The Hall–Kier alpha value is -2.40. The highest BCUT2D eigenvalue weighted by molar-refractivity contribution is 5.74. The third-order valence-electron chi connectivity index (χ3n) is 4.02. The molecule has 1 aliphatic rings. The number of hydrogen-bond donors (Lipinski definition) is 1. The maximum absolute atomic E-state index is 9.52. The third kappa shape index (κ3) is 2.23. The molecule has 1 unspecified atom stereocenters. The van der Waals surface area contributed by atoms with Gasteiger partial charge in [-0.15, -0.1) is 0 Å². The van der Waals surface area contributed by atoms with Gasteiger partial charge in [0.05, 0.1) is 0 Å². The van der Waals surface area contributed by atoms with Gasteiger partial charge >= 0.3 is 0 Å². The van der Waals surface area contributed by atoms with E-state index in [1.165, 1.54) is 0 Å². The molecule has 1 aromatic carbocycles. The van der Waals surface area contributed by atoms with Crippen LogP contribution in [0.2, 0.25) is 0 Å². The van der Waals surface area contributed by atoms with Gasteiger partial charge in [-0.05, 0) is 55.7 Å². The zero-order chi connectivity index (χ0) is 14.9. The average molecular weight is 295 g/mol. The molecule has 1 fully saturated rings. The third-order valence-corrected chi connectivity index (χ3v) is 4.02. The standard InChI is InChI=1S/C17H17N3O2/c21-13-8-6-12(7-9-13)20-16-14(4-3-10-18-16)19-17(20)15-5-1-2-11-22-15/h3-4,6-10,15,21H,1-2,5,11H2. The molecule has 1 atom stereocenters. The van der Waals surface area contributed by atoms with Crippen LogP contribution in [0.25, 0.3) is 16.9 Å². The summed E-state index contributed by atoms with van der Waals surface area (Å²) in [6.45, 7) is 0.775. The van der Waals surface area contributed by atoms with Crippen molar-refractivity contribution < 1.29 is 9.84 Å². The van der Waals surface area contributed by atoms with Crippen LogP contribution in [0.15, 0.2) is 42.6 Å². The first-order chi connectivity index (χ1) is 10.8. The minimum atomic E-state index is -0.00301. The van der Waals surface area contributed by atoms with Crippen LogP contribution in [-0.2, 0) is 4.74 Å². The summed E-state index contributed by atoms with van der Waals surface area (Å²) in [7, 11) is 0. The van der Waals surface area contributed by atoms with Gasteiger partial charge < -0.3 is 9.84 Å². The summed E-state index contributed by atoms with van der Waals surface area (Å²) in [4.78, 5) is 9.23. The predicted molar refractivity (Wildman–Crippen MR) is 83.1 cm³/mol. The molecule has 2 aromatic heterocycles. The quantitative estimate of drug-likeness (QED) is 0.787. The number of rotatable bonds is 2. The molecule has 0 saturated carbocycles. The van der Waals surface area contributed by atoms with Crippen LogP contribution in [0.4, 0.5) is 0 Å². The van der Waals surface area contributed by atoms with E-state index in [2.05, 4.69) is 4.98 Å². The number of pyridine rings is 1. The van der Waals surface area contributed by atoms with Crippen LogP contribution in [0.3, 0.4) is 0 Å². The molecule has 1 N–H and O–H groups in total. The molecule has 1 saturated heterocycles. The highest BCUT2D eigenvalue weighted by atomic mass is 16.5. The van der Waals surface area contributed by atoms with E-state index < -0.39 is 0 Å². The van der Waals surface area contributed by atoms with Crippen molar-refractivity contribution in [3.63, 3.8) is 0 Å². The SMILES string of the molecule is Oc1ccc(-n2c(C3CCCCO3)nc3cccnc32)cc1. The van der Waals surface area contributed by atoms with Crippen LogP contribution < -0.4 is 0 Å². The molecule has 3 aromatic rings. The Morgan fingerprint density at radius 2 is 2.00 bits per heavy atom. The van der Waals surface area contributed by atoms with E-state index in [1.807, 2.05) is 28.8 Å². The van der Waals surface area contributed by atoms with E-state index in [9.17, 15) is 5.11 Å². The summed E-state index contributed by atoms with van der Waals surface area (Å²) in [6, 6.07) is 11.0. The monoisotopic (exact) mass is 295 g/mol. The molecule has 0 spiro atoms. The van der Waals surface area contributed by atoms with Gasteiger partial charge in [0.25, 0.3) is 0 Å². The highest BCUT2D eigenvalue weighted by Crippen LogP contribution is 2.31. The Labute approximate surface area is 128 Å². The lowest BCUT2D eigenvalue weighted by molar-refractivity contribution is 0.00886. The zero-order valence-electron chi connectivity index (χ0n) is 12.1. The number of aromatic hydroxyl groups is 1. The molecule has 0 aliphatic carbocycles. The van der Waals surface area contributed by atoms with Gasteiger partial charge in [-0.25, -0.2) is 9.97 Å². The molecule has 112 valence electrons. The molecular weight excluding hydrogens is 278 g/mol. The second-order valence-corrected chi connectivity index (χ2v) is 5.52. The van der Waals surface area contributed by atoms with Crippen molar-refractivity contribution in [1.29, 1.82) is 0 Å². The summed E-state index contributed by atoms with van der Waals surface area (Å²) in [5, 5.41) is 9.52. The van der Waals surface area contributed by atoms with Crippen molar-refractivity contribution in [3.8, 4) is 11.4 Å². The molecule has 0 radical (unpaired) electrons. The second-order valence-electron chi connectivity index (χ2n) is 5.52. The van der Waals surface area contributed by atoms with Gasteiger partial charge in [0.2, 0.25) is 0 Å². The summed E-state index contributed by atoms with van der Waals surface area (Å²) in [5.41, 5.74) is 2.61. The number of phenols is 1. The minimum absolute atomic E-state index is 0.00301. The average Bonchev–Trinajstić information content (AvgIpc) is 2.96. The molecule has 4 rings (SSSR count). The Morgan fingerprint density at radius 3 is 2.77 bits per heavy atom. The van der Waals surface area contributed by atoms with Crippen molar-refractivity contribution in [2.45, 2.75) is 25.4 Å². The zero-order valence-corrected chi connectivity index (χ0v) is 12.1. The van der Waals surface area contributed by atoms with Crippen LogP contribution in [0.1, 0.15) is 31.2 Å². The molecule has 5 heteroatoms. The fourth-order valence-corrected chi connectivity index (χ4v) is 2.95. The Morgan fingerprint density at radius 1 is 1.14 bits per heavy atom. The van der Waals surface area contributed by atoms with Gasteiger partial charge in [-0.1, -0.05) is 0 Å². The molecule has 22 heavy (non-hydrogen) atoms. The van der Waals surface area contributed by atoms with Crippen molar-refractivity contribution in [2.75, 3.05) is 6.61 Å². The molecule has 1 aliphatic heterocycles. The van der Waals surface area contributed by atoms with Crippen molar-refractivity contribution in [2.24, 2.45) is 0 Å². The molecule has 5 nitrogen and oxygen atoms in total. The maximum atomic E-state index is 9.52. The lowest BCUT2D eigenvalue weighted by Gasteiger charge is -2.23. The fourth-order valence-electron chi connectivity index (χ4n) is 2.95. The van der Waals surface area contributed by atoms with Gasteiger partial charge in [-0.3, -0.25) is 4.57 Å². The predicted octanol–water partition coefficient (Wildman–Crippen LogP) is 3.37. The lowest BCUT2D eigenvalue weighted by atomic mass is 10.1. The van der Waals surface area contributed by atoms with Crippen LogP contribution in [0.5, 0.6) is 5.75 Å². The van der Waals surface area contributed by atoms with E-state index >= 15 is 0 Å². The highest BCUT2D eigenvalue weighted by Gasteiger charge is 2.24. The van der Waals surface area contributed by atoms with Gasteiger partial charge in [0.15, 0.2) is 5.65 Å². The van der Waals surface area contributed by atoms with E-state index in [1.54, 1.807) is 18.3 Å². The second kappa shape index (κ2) is 5.42. The number of phenolic OH excluding ortho intramolecular Hbond substituents is 1. The molecule has 0 amide bonds. The van der Waals surface area contributed by atoms with E-state index in [0.717, 1.165) is 48.5 Å².